The number of aldehydes is 1. The van der Waals surface area contributed by atoms with Gasteiger partial charge in [-0.2, -0.15) is 0 Å². The van der Waals surface area contributed by atoms with Crippen LogP contribution in [0.3, 0.4) is 0 Å². The van der Waals surface area contributed by atoms with Crippen LogP contribution in [0.1, 0.15) is 15.2 Å². The van der Waals surface area contributed by atoms with Gasteiger partial charge in [0.25, 0.3) is 5.69 Å². The molecule has 1 aromatic carbocycles. The van der Waals surface area contributed by atoms with E-state index < -0.39 is 4.92 Å². The summed E-state index contributed by atoms with van der Waals surface area (Å²) in [5, 5.41) is 10.6. The topological polar surface area (TPSA) is 69.4 Å². The largest absolute Gasteiger partial charge is 0.487 e. The number of halogens is 1. The molecule has 5 nitrogen and oxygen atoms in total. The van der Waals surface area contributed by atoms with Crippen LogP contribution in [-0.2, 0) is 6.61 Å². The van der Waals surface area contributed by atoms with Crippen LogP contribution in [0.4, 0.5) is 5.69 Å². The van der Waals surface area contributed by atoms with E-state index in [1.165, 1.54) is 29.5 Å². The average molecular weight is 342 g/mol. The lowest BCUT2D eigenvalue weighted by Gasteiger charge is -2.06. The highest BCUT2D eigenvalue weighted by Gasteiger charge is 2.11. The lowest BCUT2D eigenvalue weighted by molar-refractivity contribution is -0.384. The molecule has 0 saturated heterocycles. The predicted molar refractivity (Wildman–Crippen MR) is 74.8 cm³/mol. The van der Waals surface area contributed by atoms with Gasteiger partial charge in [-0.3, -0.25) is 14.9 Å². The molecule has 98 valence electrons. The van der Waals surface area contributed by atoms with Crippen molar-refractivity contribution in [2.75, 3.05) is 0 Å². The molecule has 2 aromatic rings. The van der Waals surface area contributed by atoms with Crippen LogP contribution in [0.5, 0.6) is 5.75 Å². The number of carbonyl (C=O) groups is 1. The number of nitro groups is 1. The van der Waals surface area contributed by atoms with Gasteiger partial charge in [0.15, 0.2) is 6.29 Å². The van der Waals surface area contributed by atoms with Crippen molar-refractivity contribution < 1.29 is 14.5 Å². The summed E-state index contributed by atoms with van der Waals surface area (Å²) < 4.78 is 6.49. The fourth-order valence-corrected chi connectivity index (χ4v) is 2.85. The molecule has 0 saturated carbocycles. The van der Waals surface area contributed by atoms with E-state index in [-0.39, 0.29) is 11.3 Å². The van der Waals surface area contributed by atoms with Crippen LogP contribution in [-0.4, -0.2) is 11.2 Å². The van der Waals surface area contributed by atoms with Gasteiger partial charge in [-0.1, -0.05) is 0 Å². The molecule has 0 bridgehead atoms. The van der Waals surface area contributed by atoms with Gasteiger partial charge in [-0.05, 0) is 34.1 Å². The fourth-order valence-electron chi connectivity index (χ4n) is 1.45. The van der Waals surface area contributed by atoms with E-state index >= 15 is 0 Å². The maximum Gasteiger partial charge on any atom is 0.270 e. The minimum atomic E-state index is -0.548. The van der Waals surface area contributed by atoms with E-state index in [0.717, 1.165) is 8.66 Å². The third kappa shape index (κ3) is 3.39. The van der Waals surface area contributed by atoms with Crippen LogP contribution in [0, 0.1) is 10.1 Å². The van der Waals surface area contributed by atoms with Gasteiger partial charge < -0.3 is 4.74 Å². The number of non-ortho nitro benzene ring substituents is 1. The van der Waals surface area contributed by atoms with Crippen LogP contribution < -0.4 is 4.74 Å². The summed E-state index contributed by atoms with van der Waals surface area (Å²) in [6.07, 6.45) is 0.548. The molecule has 19 heavy (non-hydrogen) atoms. The van der Waals surface area contributed by atoms with Crippen LogP contribution in [0.15, 0.2) is 34.1 Å². The molecule has 7 heteroatoms. The van der Waals surface area contributed by atoms with Gasteiger partial charge in [0.05, 0.1) is 14.3 Å². The van der Waals surface area contributed by atoms with Crippen LogP contribution in [0.2, 0.25) is 0 Å². The number of nitrogens with zero attached hydrogens (tertiary/aromatic N) is 1. The molecule has 2 rings (SSSR count). The normalized spacial score (nSPS) is 10.2. The Balaban J connectivity index is 2.15. The molecule has 0 N–H and O–H groups in total. The minimum absolute atomic E-state index is 0.131. The monoisotopic (exact) mass is 341 g/mol. The van der Waals surface area contributed by atoms with Gasteiger partial charge in [0, 0.05) is 17.0 Å². The smallest absolute Gasteiger partial charge is 0.270 e. The Morgan fingerprint density at radius 2 is 2.16 bits per heavy atom. The van der Waals surface area contributed by atoms with Gasteiger partial charge in [0.1, 0.15) is 12.4 Å². The number of benzene rings is 1. The molecular formula is C12H8BrNO4S. The van der Waals surface area contributed by atoms with Crippen molar-refractivity contribution in [2.24, 2.45) is 0 Å². The van der Waals surface area contributed by atoms with Gasteiger partial charge in [0.2, 0.25) is 0 Å². The summed E-state index contributed by atoms with van der Waals surface area (Å²) in [5.74, 6) is 0.338. The standard InChI is InChI=1S/C12H8BrNO4S/c13-12-4-2-10(19-12)7-18-11-3-1-9(14(16)17)5-8(11)6-15/h1-6H,7H2. The van der Waals surface area contributed by atoms with Crippen molar-refractivity contribution in [1.29, 1.82) is 0 Å². The van der Waals surface area contributed by atoms with Crippen molar-refractivity contribution in [3.05, 3.63) is 54.7 Å². The number of rotatable bonds is 5. The molecule has 0 aliphatic rings. The van der Waals surface area contributed by atoms with Gasteiger partial charge in [-0.15, -0.1) is 11.3 Å². The Kier molecular flexibility index (Phi) is 4.28. The zero-order chi connectivity index (χ0) is 13.8. The van der Waals surface area contributed by atoms with E-state index in [2.05, 4.69) is 15.9 Å². The number of ether oxygens (including phenoxy) is 1. The Morgan fingerprint density at radius 1 is 1.37 bits per heavy atom. The summed E-state index contributed by atoms with van der Waals surface area (Å²) in [4.78, 5) is 22.0. The van der Waals surface area contributed by atoms with Gasteiger partial charge >= 0.3 is 0 Å². The maximum atomic E-state index is 10.9. The summed E-state index contributed by atoms with van der Waals surface area (Å²) >= 11 is 4.87. The first-order valence-electron chi connectivity index (χ1n) is 5.21. The van der Waals surface area contributed by atoms with Crippen molar-refractivity contribution in [3.8, 4) is 5.75 Å². The molecule has 1 aromatic heterocycles. The molecule has 0 amide bonds. The van der Waals surface area contributed by atoms with Crippen molar-refractivity contribution in [2.45, 2.75) is 6.61 Å². The average Bonchev–Trinajstić information content (AvgIpc) is 2.81. The first-order chi connectivity index (χ1) is 9.10. The summed E-state index contributed by atoms with van der Waals surface area (Å²) in [6.45, 7) is 0.314. The van der Waals surface area contributed by atoms with E-state index in [0.29, 0.717) is 18.6 Å². The highest BCUT2D eigenvalue weighted by molar-refractivity contribution is 9.11. The SMILES string of the molecule is O=Cc1cc([N+](=O)[O-])ccc1OCc1ccc(Br)s1. The lowest BCUT2D eigenvalue weighted by Crippen LogP contribution is -1.98. The van der Waals surface area contributed by atoms with Crippen molar-refractivity contribution >= 4 is 39.2 Å². The highest BCUT2D eigenvalue weighted by atomic mass is 79.9. The fraction of sp³-hybridized carbons (Fsp3) is 0.0833. The molecule has 0 aliphatic heterocycles. The first-order valence-corrected chi connectivity index (χ1v) is 6.81. The molecule has 0 radical (unpaired) electrons. The zero-order valence-electron chi connectivity index (χ0n) is 9.54. The molecule has 0 aliphatic carbocycles. The third-order valence-electron chi connectivity index (χ3n) is 2.33. The predicted octanol–water partition coefficient (Wildman–Crippen LogP) is 3.81. The molecule has 0 fully saturated rings. The maximum absolute atomic E-state index is 10.9. The Hall–Kier alpha value is -1.73. The van der Waals surface area contributed by atoms with E-state index in [1.807, 2.05) is 12.1 Å². The number of thiophene rings is 1. The lowest BCUT2D eigenvalue weighted by atomic mass is 10.2. The van der Waals surface area contributed by atoms with E-state index in [1.54, 1.807) is 0 Å². The van der Waals surface area contributed by atoms with Crippen LogP contribution in [0.25, 0.3) is 0 Å². The summed E-state index contributed by atoms with van der Waals surface area (Å²) in [6, 6.07) is 7.75. The highest BCUT2D eigenvalue weighted by Crippen LogP contribution is 2.26. The molecule has 0 spiro atoms. The zero-order valence-corrected chi connectivity index (χ0v) is 11.9. The van der Waals surface area contributed by atoms with Crippen molar-refractivity contribution in [3.63, 3.8) is 0 Å². The van der Waals surface area contributed by atoms with E-state index in [9.17, 15) is 14.9 Å². The van der Waals surface area contributed by atoms with Crippen molar-refractivity contribution in [1.82, 2.24) is 0 Å². The first kappa shape index (κ1) is 13.7. The Labute approximate surface area is 121 Å². The Morgan fingerprint density at radius 3 is 2.74 bits per heavy atom. The third-order valence-corrected chi connectivity index (χ3v) is 3.93. The quantitative estimate of drug-likeness (QED) is 0.471. The molecule has 0 atom stereocenters. The minimum Gasteiger partial charge on any atom is -0.487 e. The second-order valence-corrected chi connectivity index (χ2v) is 6.14. The number of hydrogen-bond acceptors (Lipinski definition) is 5. The number of carbonyl (C=O) groups excluding carboxylic acids is 1. The Bertz CT molecular complexity index is 626. The van der Waals surface area contributed by atoms with Gasteiger partial charge in [-0.25, -0.2) is 0 Å². The second kappa shape index (κ2) is 5.94. The molecular weight excluding hydrogens is 334 g/mol. The summed E-state index contributed by atoms with van der Waals surface area (Å²) in [7, 11) is 0. The number of hydrogen-bond donors (Lipinski definition) is 0. The number of nitro benzene ring substituents is 1. The molecule has 0 unspecified atom stereocenters. The second-order valence-electron chi connectivity index (χ2n) is 3.59. The van der Waals surface area contributed by atoms with E-state index in [4.69, 9.17) is 4.74 Å². The molecule has 1 heterocycles. The van der Waals surface area contributed by atoms with Crippen LogP contribution >= 0.6 is 27.3 Å². The summed E-state index contributed by atoms with van der Waals surface area (Å²) in [5.41, 5.74) is 0.0399.